The predicted molar refractivity (Wildman–Crippen MR) is 145 cm³/mol. The molecule has 0 spiro atoms. The molecule has 2 aromatic carbocycles. The Balaban J connectivity index is 1.45. The minimum Gasteiger partial charge on any atom is -0.462 e. The molecule has 2 amide bonds. The van der Waals surface area contributed by atoms with Gasteiger partial charge in [0.05, 0.1) is 24.4 Å². The molecule has 0 fully saturated rings. The van der Waals surface area contributed by atoms with E-state index < -0.39 is 29.7 Å². The molecule has 0 radical (unpaired) electrons. The maximum absolute atomic E-state index is 14.5. The lowest BCUT2D eigenvalue weighted by atomic mass is 9.95. The topological polar surface area (TPSA) is 63.6 Å². The Morgan fingerprint density at radius 1 is 1.03 bits per heavy atom. The number of aromatic nitrogens is 1. The van der Waals surface area contributed by atoms with Crippen molar-refractivity contribution in [1.29, 1.82) is 0 Å². The summed E-state index contributed by atoms with van der Waals surface area (Å²) in [5.41, 5.74) is 4.16. The molecule has 0 saturated heterocycles. The molecule has 200 valence electrons. The minimum atomic E-state index is -0.753. The molecule has 6 nitrogen and oxygen atoms in total. The van der Waals surface area contributed by atoms with Crippen LogP contribution >= 0.6 is 11.3 Å². The summed E-state index contributed by atoms with van der Waals surface area (Å²) in [7, 11) is 0. The molecule has 4 aromatic rings. The first-order chi connectivity index (χ1) is 18.9. The molecule has 1 unspecified atom stereocenters. The number of anilines is 1. The second kappa shape index (κ2) is 10.3. The molecule has 1 aliphatic heterocycles. The molecule has 3 heterocycles. The summed E-state index contributed by atoms with van der Waals surface area (Å²) < 4.78 is 36.1. The standard InChI is InChI=1S/C30H27F2N3O3S/c1-2-38-29(36)18-7-5-8-22(15-18)33-30(37)35-17-24-23-9-3-4-11-26(23)39-28(24)34-12-6-10-25(34)27(35)19-13-20(31)16-21(32)14-19/h5-8,10,12-16,27H,2-4,9,11,17H2,1H3,(H,33,37). The van der Waals surface area contributed by atoms with Crippen LogP contribution in [0.15, 0.2) is 60.8 Å². The first-order valence-corrected chi connectivity index (χ1v) is 13.9. The Morgan fingerprint density at radius 2 is 1.82 bits per heavy atom. The number of fused-ring (bicyclic) bond motifs is 5. The van der Waals surface area contributed by atoms with Gasteiger partial charge in [-0.25, -0.2) is 18.4 Å². The number of aryl methyl sites for hydroxylation is 1. The molecular formula is C30H27F2N3O3S. The predicted octanol–water partition coefficient (Wildman–Crippen LogP) is 7.01. The van der Waals surface area contributed by atoms with Crippen LogP contribution in [0.4, 0.5) is 19.3 Å². The van der Waals surface area contributed by atoms with E-state index >= 15 is 0 Å². The van der Waals surface area contributed by atoms with Crippen molar-refractivity contribution < 1.29 is 23.1 Å². The summed E-state index contributed by atoms with van der Waals surface area (Å²) in [6.07, 6.45) is 6.11. The number of esters is 1. The summed E-state index contributed by atoms with van der Waals surface area (Å²) >= 11 is 1.73. The van der Waals surface area contributed by atoms with E-state index in [0.717, 1.165) is 48.0 Å². The van der Waals surface area contributed by atoms with E-state index in [1.165, 1.54) is 22.6 Å². The van der Waals surface area contributed by atoms with Crippen molar-refractivity contribution in [2.24, 2.45) is 0 Å². The highest BCUT2D eigenvalue weighted by atomic mass is 32.1. The number of urea groups is 1. The molecule has 0 saturated carbocycles. The van der Waals surface area contributed by atoms with Gasteiger partial charge in [0, 0.05) is 28.4 Å². The first-order valence-electron chi connectivity index (χ1n) is 13.0. The summed E-state index contributed by atoms with van der Waals surface area (Å²) in [4.78, 5) is 29.2. The van der Waals surface area contributed by atoms with Gasteiger partial charge in [0.25, 0.3) is 0 Å². The number of carbonyl (C=O) groups is 2. The van der Waals surface area contributed by atoms with E-state index in [1.54, 1.807) is 47.4 Å². The van der Waals surface area contributed by atoms with Gasteiger partial charge in [-0.15, -0.1) is 11.3 Å². The van der Waals surface area contributed by atoms with Crippen molar-refractivity contribution in [1.82, 2.24) is 9.47 Å². The van der Waals surface area contributed by atoms with Gasteiger partial charge in [-0.05, 0) is 86.2 Å². The van der Waals surface area contributed by atoms with Gasteiger partial charge in [-0.1, -0.05) is 6.07 Å². The van der Waals surface area contributed by atoms with E-state index in [2.05, 4.69) is 9.88 Å². The number of thiophene rings is 1. The molecule has 1 atom stereocenters. The van der Waals surface area contributed by atoms with Gasteiger partial charge in [-0.3, -0.25) is 0 Å². The summed E-state index contributed by atoms with van der Waals surface area (Å²) in [5.74, 6) is -1.90. The van der Waals surface area contributed by atoms with Crippen LogP contribution in [0.5, 0.6) is 0 Å². The van der Waals surface area contributed by atoms with Gasteiger partial charge in [0.1, 0.15) is 22.7 Å². The third-order valence-corrected chi connectivity index (χ3v) is 8.60. The Kier molecular flexibility index (Phi) is 6.68. The van der Waals surface area contributed by atoms with E-state index in [9.17, 15) is 18.4 Å². The molecule has 0 bridgehead atoms. The van der Waals surface area contributed by atoms with Crippen molar-refractivity contribution in [3.05, 3.63) is 105 Å². The van der Waals surface area contributed by atoms with Crippen molar-refractivity contribution in [2.75, 3.05) is 11.9 Å². The fraction of sp³-hybridized carbons (Fsp3) is 0.267. The highest BCUT2D eigenvalue weighted by Gasteiger charge is 2.36. The van der Waals surface area contributed by atoms with Crippen LogP contribution in [-0.2, 0) is 24.1 Å². The largest absolute Gasteiger partial charge is 0.462 e. The SMILES string of the molecule is CCOC(=O)c1cccc(NC(=O)N2Cc3c(sc4c3CCCC4)-n3cccc3C2c2cc(F)cc(F)c2)c1. The average Bonchev–Trinajstić information content (AvgIpc) is 3.50. The maximum atomic E-state index is 14.5. The van der Waals surface area contributed by atoms with Gasteiger partial charge >= 0.3 is 12.0 Å². The van der Waals surface area contributed by atoms with Gasteiger partial charge in [-0.2, -0.15) is 0 Å². The second-order valence-corrected chi connectivity index (χ2v) is 10.8. The number of benzene rings is 2. The number of halogens is 2. The van der Waals surface area contributed by atoms with E-state index in [0.29, 0.717) is 16.8 Å². The molecule has 1 N–H and O–H groups in total. The van der Waals surface area contributed by atoms with E-state index in [1.807, 2.05) is 18.3 Å². The van der Waals surface area contributed by atoms with Crippen LogP contribution in [0.3, 0.4) is 0 Å². The Morgan fingerprint density at radius 3 is 2.62 bits per heavy atom. The van der Waals surface area contributed by atoms with Crippen LogP contribution in [0.25, 0.3) is 5.00 Å². The molecule has 39 heavy (non-hydrogen) atoms. The van der Waals surface area contributed by atoms with E-state index in [4.69, 9.17) is 4.74 Å². The van der Waals surface area contributed by atoms with Crippen LogP contribution in [0.2, 0.25) is 0 Å². The Labute approximate surface area is 228 Å². The quantitative estimate of drug-likeness (QED) is 0.280. The fourth-order valence-corrected chi connectivity index (χ4v) is 7.01. The highest BCUT2D eigenvalue weighted by molar-refractivity contribution is 7.15. The van der Waals surface area contributed by atoms with Crippen molar-refractivity contribution in [3.8, 4) is 5.00 Å². The first kappa shape index (κ1) is 25.3. The summed E-state index contributed by atoms with van der Waals surface area (Å²) in [6, 6.07) is 12.5. The summed E-state index contributed by atoms with van der Waals surface area (Å²) in [6.45, 7) is 2.24. The lowest BCUT2D eigenvalue weighted by Crippen LogP contribution is -2.38. The third-order valence-electron chi connectivity index (χ3n) is 7.27. The zero-order valence-electron chi connectivity index (χ0n) is 21.4. The number of hydrogen-bond acceptors (Lipinski definition) is 4. The zero-order valence-corrected chi connectivity index (χ0v) is 22.2. The Hall–Kier alpha value is -3.98. The van der Waals surface area contributed by atoms with Crippen molar-refractivity contribution in [3.63, 3.8) is 0 Å². The second-order valence-electron chi connectivity index (χ2n) is 9.76. The average molecular weight is 548 g/mol. The molecular weight excluding hydrogens is 520 g/mol. The smallest absolute Gasteiger partial charge is 0.338 e. The summed E-state index contributed by atoms with van der Waals surface area (Å²) in [5, 5.41) is 3.96. The Bertz CT molecular complexity index is 1560. The van der Waals surface area contributed by atoms with E-state index in [-0.39, 0.29) is 13.2 Å². The lowest BCUT2D eigenvalue weighted by molar-refractivity contribution is 0.0526. The van der Waals surface area contributed by atoms with Gasteiger partial charge in [0.15, 0.2) is 0 Å². The molecule has 9 heteroatoms. The van der Waals surface area contributed by atoms with Crippen molar-refractivity contribution >= 4 is 29.0 Å². The fourth-order valence-electron chi connectivity index (χ4n) is 5.60. The maximum Gasteiger partial charge on any atom is 0.338 e. The number of nitrogens with one attached hydrogen (secondary N) is 1. The van der Waals surface area contributed by atoms with Gasteiger partial charge in [0.2, 0.25) is 0 Å². The zero-order chi connectivity index (χ0) is 27.1. The third kappa shape index (κ3) is 4.71. The highest BCUT2D eigenvalue weighted by Crippen LogP contribution is 2.44. The number of rotatable bonds is 4. The molecule has 2 aromatic heterocycles. The van der Waals surface area contributed by atoms with Gasteiger partial charge < -0.3 is 19.5 Å². The monoisotopic (exact) mass is 547 g/mol. The number of ether oxygens (including phenoxy) is 1. The molecule has 6 rings (SSSR count). The molecule has 2 aliphatic rings. The number of amides is 2. The normalized spacial score (nSPS) is 16.1. The van der Waals surface area contributed by atoms with Crippen LogP contribution in [-0.4, -0.2) is 28.1 Å². The lowest BCUT2D eigenvalue weighted by Gasteiger charge is -2.31. The number of carbonyl (C=O) groups excluding carboxylic acids is 2. The molecule has 1 aliphatic carbocycles. The number of hydrogen-bond donors (Lipinski definition) is 1. The van der Waals surface area contributed by atoms with Crippen molar-refractivity contribution in [2.45, 2.75) is 45.2 Å². The number of nitrogens with zero attached hydrogens (tertiary/aromatic N) is 2. The van der Waals surface area contributed by atoms with Crippen LogP contribution < -0.4 is 5.32 Å². The minimum absolute atomic E-state index is 0.238. The van der Waals surface area contributed by atoms with Crippen LogP contribution in [0, 0.1) is 11.6 Å². The van der Waals surface area contributed by atoms with Crippen LogP contribution in [0.1, 0.15) is 63.4 Å².